The van der Waals surface area contributed by atoms with Gasteiger partial charge in [0.15, 0.2) is 5.96 Å². The summed E-state index contributed by atoms with van der Waals surface area (Å²) in [6.45, 7) is 6.63. The van der Waals surface area contributed by atoms with Gasteiger partial charge in [0.2, 0.25) is 94.5 Å². The molecule has 0 saturated carbocycles. The van der Waals surface area contributed by atoms with Crippen LogP contribution >= 0.6 is 0 Å². The number of carbonyl (C=O) groups is 18. The van der Waals surface area contributed by atoms with Crippen molar-refractivity contribution < 1.29 is 122 Å². The topological polar surface area (TPSA) is 891 Å². The number of phenolic OH excluding ortho intramolecular Hbond substituents is 2. The van der Waals surface area contributed by atoms with Crippen molar-refractivity contribution in [2.75, 3.05) is 52.4 Å². The van der Waals surface area contributed by atoms with Crippen molar-refractivity contribution in [3.05, 3.63) is 59.7 Å². The number of aliphatic hydroxyl groups is 3. The average molecular weight is 1870 g/mol. The maximum absolute atomic E-state index is 14.6. The fourth-order valence-corrected chi connectivity index (χ4v) is 13.5. The molecule has 0 aliphatic carbocycles. The van der Waals surface area contributed by atoms with Crippen LogP contribution in [0, 0.1) is 17.2 Å². The lowest BCUT2D eigenvalue weighted by molar-refractivity contribution is -0.143. The molecule has 0 radical (unpaired) electrons. The van der Waals surface area contributed by atoms with E-state index >= 15 is 0 Å². The van der Waals surface area contributed by atoms with Gasteiger partial charge in [-0.05, 0) is 158 Å². The van der Waals surface area contributed by atoms with Crippen molar-refractivity contribution in [1.82, 2.24) is 84.7 Å². The highest BCUT2D eigenvalue weighted by atomic mass is 16.4. The van der Waals surface area contributed by atoms with Crippen molar-refractivity contribution in [1.29, 1.82) is 5.41 Å². The van der Waals surface area contributed by atoms with E-state index in [1.807, 2.05) is 0 Å². The number of aliphatic carboxylic acids is 2. The van der Waals surface area contributed by atoms with E-state index in [9.17, 15) is 122 Å². The third-order valence-electron chi connectivity index (χ3n) is 21.3. The maximum Gasteiger partial charge on any atom is 0.326 e. The molecule has 0 bridgehead atoms. The third-order valence-corrected chi connectivity index (χ3v) is 21.3. The number of hydrogen-bond donors (Lipinski definition) is 32. The predicted octanol–water partition coefficient (Wildman–Crippen LogP) is -12.4. The van der Waals surface area contributed by atoms with E-state index in [0.29, 0.717) is 12.0 Å². The highest BCUT2D eigenvalue weighted by molar-refractivity contribution is 6.02. The minimum absolute atomic E-state index is 0.110. The van der Waals surface area contributed by atoms with Gasteiger partial charge in [-0.3, -0.25) is 86.9 Å². The number of nitrogens with one attached hydrogen (secondary N) is 16. The molecule has 1 aliphatic heterocycles. The predicted molar refractivity (Wildman–Crippen MR) is 472 cm³/mol. The molecule has 132 heavy (non-hydrogen) atoms. The smallest absolute Gasteiger partial charge is 0.326 e. The lowest BCUT2D eigenvalue weighted by Crippen LogP contribution is -2.63. The fraction of sp³-hybridized carbons (Fsp3) is 0.617. The molecule has 1 aliphatic rings. The Morgan fingerprint density at radius 1 is 0.424 bits per heavy atom. The molecule has 0 aromatic heterocycles. The molecule has 2 aromatic carbocycles. The van der Waals surface area contributed by atoms with Gasteiger partial charge >= 0.3 is 11.9 Å². The molecule has 1 fully saturated rings. The van der Waals surface area contributed by atoms with Gasteiger partial charge in [-0.2, -0.15) is 0 Å². The standard InChI is InChI=1S/C81H134N26O25/c1-7-39(4)62(104-75(126)58-35-46(112)37-107(58)79(130)61(89)38(2)3)76(127)99-53(24-30-86)71(122)101-55(33-42-10-14-44(110)15-11-42)74(125)106-64(41(6)109)78(129)102-56(36-59(88)113)73(124)93-47(9-8-32-92-81(90)91)65(116)98-54(25-31-87)72(123)105-63(40(5)108)77(128)100-52(23-29-85)70(121)97-51(22-28-84)69(120)96-50(21-27-83)68(119)95-49(20-26-82)67(118)94-48(18-19-60(114)115)66(117)103-57(80(131)132)34-43-12-16-45(111)17-13-43/h10-17,38-41,46-58,61-64,108-112H,7-9,18-37,82-87,89H2,1-6H3,(H2,88,113)(H,93,124)(H,94,118)(H,95,119)(H,96,120)(H,97,121)(H,98,116)(H,99,127)(H,100,128)(H,101,122)(H,102,129)(H,103,117)(H,104,126)(H,105,123)(H,106,125)(H,114,115)(H,131,132)(H4,90,91,92)/t39-,40+,41+,46+,47-,48-,49-,50-,51-,52+,53-,54-,55-,56-,57-,58-,61-,62-,63-,64-/m0/s1. The Hall–Kier alpha value is -12.6. The third kappa shape index (κ3) is 38.4. The van der Waals surface area contributed by atoms with Crippen LogP contribution in [0.25, 0.3) is 0 Å². The Kier molecular flexibility index (Phi) is 49.5. The number of carboxylic acids is 2. The summed E-state index contributed by atoms with van der Waals surface area (Å²) in [5.41, 5.74) is 53.1. The van der Waals surface area contributed by atoms with Crippen LogP contribution in [0.2, 0.25) is 0 Å². The SMILES string of the molecule is CC[C@H](C)[C@H](NC(=O)[C@@H]1C[C@@H](O)CN1C(=O)[C@@H](N)C(C)C)C(=O)N[C@@H](CCN)C(=O)N[C@@H](Cc1ccc(O)cc1)C(=O)N[C@H](C(=O)N[C@@H](CC(N)=O)C(=O)N[C@@H](CCCNC(=N)N)C(=O)N[C@@H](CCN)C(=O)N[C@H](C(=O)N[C@H](CCN)C(=O)N[C@@H](CCN)C(=O)N[C@@H](CCN)C(=O)N[C@@H](CCN)C(=O)N[C@@H](CCC(=O)O)C(=O)N[C@@H](Cc1ccc(O)cc1)C(=O)O)[C@@H](C)O)[C@@H](C)O. The van der Waals surface area contributed by atoms with Crippen LogP contribution in [0.15, 0.2) is 48.5 Å². The Balaban J connectivity index is 1.90. The number of rotatable bonds is 60. The van der Waals surface area contributed by atoms with E-state index in [2.05, 4.69) is 79.8 Å². The minimum Gasteiger partial charge on any atom is -0.508 e. The number of guanidine groups is 1. The van der Waals surface area contributed by atoms with Crippen molar-refractivity contribution >= 4 is 112 Å². The summed E-state index contributed by atoms with van der Waals surface area (Å²) in [5.74, 6) is -22.4. The number of primary amides is 1. The first kappa shape index (κ1) is 114. The molecular weight excluding hydrogens is 1740 g/mol. The zero-order valence-corrected chi connectivity index (χ0v) is 74.6. The number of aromatic hydroxyl groups is 2. The molecule has 0 spiro atoms. The van der Waals surface area contributed by atoms with Crippen LogP contribution in [0.1, 0.15) is 136 Å². The molecule has 0 unspecified atom stereocenters. The molecular formula is C81H134N26O25. The number of benzene rings is 2. The van der Waals surface area contributed by atoms with Crippen molar-refractivity contribution in [3.8, 4) is 11.5 Å². The summed E-state index contributed by atoms with van der Waals surface area (Å²) in [6.07, 6.45) is -10.4. The molecule has 41 N–H and O–H groups in total. The average Bonchev–Trinajstić information content (AvgIpc) is 1.67. The second-order valence-corrected chi connectivity index (χ2v) is 32.3. The van der Waals surface area contributed by atoms with Gasteiger partial charge in [0.25, 0.3) is 0 Å². The van der Waals surface area contributed by atoms with Crippen LogP contribution in [0.3, 0.4) is 0 Å². The van der Waals surface area contributed by atoms with Crippen LogP contribution < -0.4 is 131 Å². The van der Waals surface area contributed by atoms with Crippen LogP contribution in [0.4, 0.5) is 0 Å². The summed E-state index contributed by atoms with van der Waals surface area (Å²) >= 11 is 0. The van der Waals surface area contributed by atoms with Crippen LogP contribution in [-0.4, -0.2) is 320 Å². The van der Waals surface area contributed by atoms with E-state index in [1.165, 1.54) is 48.5 Å². The number of amides is 16. The highest BCUT2D eigenvalue weighted by Gasteiger charge is 2.45. The van der Waals surface area contributed by atoms with E-state index in [0.717, 1.165) is 18.7 Å². The molecule has 20 atom stereocenters. The van der Waals surface area contributed by atoms with E-state index in [4.69, 9.17) is 57.0 Å². The largest absolute Gasteiger partial charge is 0.508 e. The Bertz CT molecular complexity index is 4230. The van der Waals surface area contributed by atoms with Crippen molar-refractivity contribution in [3.63, 3.8) is 0 Å². The lowest BCUT2D eigenvalue weighted by Gasteiger charge is -2.31. The summed E-state index contributed by atoms with van der Waals surface area (Å²) in [4.78, 5) is 250. The Labute approximate surface area is 761 Å². The Morgan fingerprint density at radius 2 is 0.735 bits per heavy atom. The molecule has 2 aromatic rings. The number of carboxylic acid groups (broad SMARTS) is 2. The Morgan fingerprint density at radius 3 is 1.07 bits per heavy atom. The van der Waals surface area contributed by atoms with E-state index in [1.54, 1.807) is 27.7 Å². The zero-order chi connectivity index (χ0) is 99.5. The second-order valence-electron chi connectivity index (χ2n) is 32.3. The van der Waals surface area contributed by atoms with Gasteiger partial charge in [-0.1, -0.05) is 58.4 Å². The number of nitrogens with two attached hydrogens (primary N) is 9. The lowest BCUT2D eigenvalue weighted by atomic mass is 9.96. The van der Waals surface area contributed by atoms with Gasteiger partial charge < -0.3 is 172 Å². The first-order chi connectivity index (χ1) is 62.2. The first-order valence-electron chi connectivity index (χ1n) is 43.1. The van der Waals surface area contributed by atoms with Crippen molar-refractivity contribution in [2.24, 2.45) is 63.4 Å². The van der Waals surface area contributed by atoms with Crippen molar-refractivity contribution in [2.45, 2.75) is 253 Å². The van der Waals surface area contributed by atoms with Gasteiger partial charge in [0.1, 0.15) is 102 Å². The number of likely N-dealkylation sites (tertiary alicyclic amines) is 1. The summed E-state index contributed by atoms with van der Waals surface area (Å²) in [5, 5.41) is 116. The molecule has 16 amide bonds. The quantitative estimate of drug-likeness (QED) is 0.0166. The van der Waals surface area contributed by atoms with Crippen LogP contribution in [0.5, 0.6) is 11.5 Å². The molecule has 51 nitrogen and oxygen atoms in total. The second kappa shape index (κ2) is 57.5. The number of nitrogens with zero attached hydrogens (tertiary/aromatic N) is 1. The number of hydrogen-bond acceptors (Lipinski definition) is 31. The van der Waals surface area contributed by atoms with Gasteiger partial charge in [0.05, 0.1) is 30.8 Å². The molecule has 738 valence electrons. The maximum atomic E-state index is 14.6. The summed E-state index contributed by atoms with van der Waals surface area (Å²) in [7, 11) is 0. The van der Waals surface area contributed by atoms with E-state index in [-0.39, 0.29) is 120 Å². The number of phenols is 2. The summed E-state index contributed by atoms with van der Waals surface area (Å²) in [6, 6.07) is -15.8. The molecule has 1 saturated heterocycles. The normalized spacial score (nSPS) is 17.0. The van der Waals surface area contributed by atoms with E-state index < -0.39 is 278 Å². The minimum atomic E-state index is -2.08. The summed E-state index contributed by atoms with van der Waals surface area (Å²) < 4.78 is 0. The number of carbonyl (C=O) groups excluding carboxylic acids is 16. The van der Waals surface area contributed by atoms with Gasteiger partial charge in [0, 0.05) is 38.8 Å². The molecule has 3 rings (SSSR count). The number of aliphatic hydroxyl groups excluding tert-OH is 3. The van der Waals surface area contributed by atoms with Gasteiger partial charge in [-0.15, -0.1) is 0 Å². The van der Waals surface area contributed by atoms with Crippen LogP contribution in [-0.2, 0) is 99.1 Å². The number of β-amino-alcohol motifs (C(OH)–C–C–N with tert-alkyl or cyclic N) is 1. The fourth-order valence-electron chi connectivity index (χ4n) is 13.5. The molecule has 51 heteroatoms. The monoisotopic (exact) mass is 1870 g/mol. The zero-order valence-electron chi connectivity index (χ0n) is 74.6. The molecule has 1 heterocycles. The highest BCUT2D eigenvalue weighted by Crippen LogP contribution is 2.23. The van der Waals surface area contributed by atoms with Gasteiger partial charge in [-0.25, -0.2) is 4.79 Å². The first-order valence-corrected chi connectivity index (χ1v) is 43.1.